The highest BCUT2D eigenvalue weighted by Gasteiger charge is 2.51. The van der Waals surface area contributed by atoms with E-state index in [1.807, 2.05) is 12.1 Å². The maximum atomic E-state index is 12.1. The fourth-order valence-electron chi connectivity index (χ4n) is 6.03. The van der Waals surface area contributed by atoms with Gasteiger partial charge in [0.05, 0.1) is 19.1 Å². The minimum Gasteiger partial charge on any atom is -0.468 e. The summed E-state index contributed by atoms with van der Waals surface area (Å²) in [4.78, 5) is 11.6. The average Bonchev–Trinajstić information content (AvgIpc) is 2.57. The quantitative estimate of drug-likeness (QED) is 0.740. The summed E-state index contributed by atoms with van der Waals surface area (Å²) in [5, 5.41) is 0. The highest BCUT2D eigenvalue weighted by Crippen LogP contribution is 2.60. The molecule has 0 atom stereocenters. The van der Waals surface area contributed by atoms with E-state index in [1.165, 1.54) is 51.2 Å². The van der Waals surface area contributed by atoms with Gasteiger partial charge < -0.3 is 4.74 Å². The maximum Gasteiger partial charge on any atom is 0.326 e. The van der Waals surface area contributed by atoms with Gasteiger partial charge in [-0.15, -0.1) is 0 Å². The third-order valence-electron chi connectivity index (χ3n) is 6.71. The van der Waals surface area contributed by atoms with Gasteiger partial charge >= 0.3 is 5.97 Å². The Labute approximate surface area is 155 Å². The molecule has 5 rings (SSSR count). The van der Waals surface area contributed by atoms with Crippen molar-refractivity contribution >= 4 is 21.7 Å². The molecule has 4 aliphatic carbocycles. The van der Waals surface area contributed by atoms with Crippen LogP contribution in [0.4, 0.5) is 5.69 Å². The first-order valence-electron chi connectivity index (χ1n) is 9.44. The lowest BCUT2D eigenvalue weighted by molar-refractivity contribution is -0.138. The van der Waals surface area contributed by atoms with Gasteiger partial charge in [-0.05, 0) is 79.4 Å². The lowest BCUT2D eigenvalue weighted by atomic mass is 9.48. The van der Waals surface area contributed by atoms with Crippen LogP contribution in [0.2, 0.25) is 0 Å². The summed E-state index contributed by atoms with van der Waals surface area (Å²) in [6.45, 7) is -0.300. The molecule has 26 heavy (non-hydrogen) atoms. The highest BCUT2D eigenvalue weighted by atomic mass is 32.2. The summed E-state index contributed by atoms with van der Waals surface area (Å²) in [6.07, 6.45) is 9.14. The predicted octanol–water partition coefficient (Wildman–Crippen LogP) is 3.09. The van der Waals surface area contributed by atoms with E-state index in [-0.39, 0.29) is 12.0 Å². The summed E-state index contributed by atoms with van der Waals surface area (Å²) in [6, 6.07) is 7.85. The molecule has 0 heterocycles. The van der Waals surface area contributed by atoms with Crippen LogP contribution in [0.25, 0.3) is 0 Å². The van der Waals surface area contributed by atoms with Crippen LogP contribution in [0.3, 0.4) is 0 Å². The molecule has 0 saturated heterocycles. The zero-order valence-electron chi connectivity index (χ0n) is 15.5. The molecule has 0 N–H and O–H groups in total. The van der Waals surface area contributed by atoms with E-state index < -0.39 is 16.0 Å². The number of benzene rings is 1. The molecule has 4 aliphatic rings. The van der Waals surface area contributed by atoms with Crippen LogP contribution in [0.15, 0.2) is 24.3 Å². The molecule has 4 bridgehead atoms. The van der Waals surface area contributed by atoms with Crippen molar-refractivity contribution in [1.29, 1.82) is 0 Å². The van der Waals surface area contributed by atoms with E-state index in [4.69, 9.17) is 0 Å². The molecule has 1 aromatic carbocycles. The van der Waals surface area contributed by atoms with Crippen molar-refractivity contribution < 1.29 is 17.9 Å². The summed E-state index contributed by atoms with van der Waals surface area (Å²) in [7, 11) is -2.29. The molecule has 4 fully saturated rings. The molecule has 0 aliphatic heterocycles. The zero-order chi connectivity index (χ0) is 18.5. The fourth-order valence-corrected chi connectivity index (χ4v) is 6.87. The summed E-state index contributed by atoms with van der Waals surface area (Å²) in [5.41, 5.74) is 2.14. The van der Waals surface area contributed by atoms with Crippen molar-refractivity contribution in [3.8, 4) is 0 Å². The lowest BCUT2D eigenvalue weighted by Crippen LogP contribution is -2.48. The number of hydrogen-bond acceptors (Lipinski definition) is 4. The molecule has 142 valence electrons. The Morgan fingerprint density at radius 1 is 1.08 bits per heavy atom. The summed E-state index contributed by atoms with van der Waals surface area (Å²) < 4.78 is 30.0. The standard InChI is InChI=1S/C20H27NO4S/c1-25-19(22)13-21(26(2,23)24)18-5-3-17(4-6-18)20-10-14-7-15(11-20)9-16(8-14)12-20/h3-6,14-16H,7-13H2,1-2H3. The topological polar surface area (TPSA) is 63.7 Å². The van der Waals surface area contributed by atoms with Gasteiger partial charge in [0, 0.05) is 0 Å². The van der Waals surface area contributed by atoms with E-state index >= 15 is 0 Å². The van der Waals surface area contributed by atoms with Crippen LogP contribution in [0.1, 0.15) is 44.1 Å². The first kappa shape index (κ1) is 17.8. The largest absolute Gasteiger partial charge is 0.468 e. The second kappa shape index (κ2) is 6.25. The van der Waals surface area contributed by atoms with Crippen LogP contribution in [0.5, 0.6) is 0 Å². The number of ether oxygens (including phenoxy) is 1. The first-order valence-corrected chi connectivity index (χ1v) is 11.3. The number of carbonyl (C=O) groups is 1. The lowest BCUT2D eigenvalue weighted by Gasteiger charge is -2.57. The van der Waals surface area contributed by atoms with Crippen LogP contribution in [0, 0.1) is 17.8 Å². The first-order chi connectivity index (χ1) is 12.3. The van der Waals surface area contributed by atoms with E-state index in [0.717, 1.165) is 28.3 Å². The molecule has 1 aromatic rings. The van der Waals surface area contributed by atoms with Crippen LogP contribution in [-0.4, -0.2) is 34.3 Å². The van der Waals surface area contributed by atoms with Gasteiger partial charge in [-0.2, -0.15) is 0 Å². The van der Waals surface area contributed by atoms with Gasteiger partial charge in [-0.25, -0.2) is 8.42 Å². The Kier molecular flexibility index (Phi) is 4.29. The molecule has 0 amide bonds. The molecule has 5 nitrogen and oxygen atoms in total. The molecule has 0 spiro atoms. The number of anilines is 1. The van der Waals surface area contributed by atoms with Crippen molar-refractivity contribution in [1.82, 2.24) is 0 Å². The van der Waals surface area contributed by atoms with Gasteiger partial charge in [0.1, 0.15) is 6.54 Å². The van der Waals surface area contributed by atoms with Crippen molar-refractivity contribution in [3.63, 3.8) is 0 Å². The van der Waals surface area contributed by atoms with Gasteiger partial charge in [0.15, 0.2) is 0 Å². The Balaban J connectivity index is 1.61. The molecule has 4 saturated carbocycles. The fraction of sp³-hybridized carbons (Fsp3) is 0.650. The van der Waals surface area contributed by atoms with E-state index in [9.17, 15) is 13.2 Å². The molecule has 6 heteroatoms. The number of sulfonamides is 1. The van der Waals surface area contributed by atoms with Crippen LogP contribution in [-0.2, 0) is 25.0 Å². The normalized spacial score (nSPS) is 32.5. The molecule has 0 aromatic heterocycles. The maximum absolute atomic E-state index is 12.1. The predicted molar refractivity (Wildman–Crippen MR) is 100 cm³/mol. The minimum atomic E-state index is -3.55. The van der Waals surface area contributed by atoms with E-state index in [0.29, 0.717) is 5.69 Å². The van der Waals surface area contributed by atoms with Crippen LogP contribution < -0.4 is 4.31 Å². The minimum absolute atomic E-state index is 0.283. The van der Waals surface area contributed by atoms with Crippen molar-refractivity contribution in [2.75, 3.05) is 24.2 Å². The smallest absolute Gasteiger partial charge is 0.326 e. The monoisotopic (exact) mass is 377 g/mol. The number of hydrogen-bond donors (Lipinski definition) is 0. The van der Waals surface area contributed by atoms with Crippen LogP contribution >= 0.6 is 0 Å². The molecular weight excluding hydrogens is 350 g/mol. The number of esters is 1. The summed E-state index contributed by atoms with van der Waals surface area (Å²) >= 11 is 0. The molecular formula is C20H27NO4S. The third kappa shape index (κ3) is 3.13. The Bertz CT molecular complexity index is 764. The third-order valence-corrected chi connectivity index (χ3v) is 7.85. The Hall–Kier alpha value is -1.56. The summed E-state index contributed by atoms with van der Waals surface area (Å²) in [5.74, 6) is 2.04. The molecule has 0 radical (unpaired) electrons. The van der Waals surface area contributed by atoms with Gasteiger partial charge in [-0.1, -0.05) is 12.1 Å². The average molecular weight is 378 g/mol. The van der Waals surface area contributed by atoms with E-state index in [2.05, 4.69) is 16.9 Å². The van der Waals surface area contributed by atoms with Gasteiger partial charge in [-0.3, -0.25) is 9.10 Å². The van der Waals surface area contributed by atoms with Gasteiger partial charge in [0.25, 0.3) is 0 Å². The van der Waals surface area contributed by atoms with E-state index in [1.54, 1.807) is 0 Å². The Morgan fingerprint density at radius 2 is 1.58 bits per heavy atom. The van der Waals surface area contributed by atoms with Gasteiger partial charge in [0.2, 0.25) is 10.0 Å². The number of methoxy groups -OCH3 is 1. The SMILES string of the molecule is COC(=O)CN(c1ccc(C23CC4CC(CC(C4)C2)C3)cc1)S(C)(=O)=O. The zero-order valence-corrected chi connectivity index (χ0v) is 16.3. The number of carbonyl (C=O) groups excluding carboxylic acids is 1. The highest BCUT2D eigenvalue weighted by molar-refractivity contribution is 7.92. The number of nitrogens with zero attached hydrogens (tertiary/aromatic N) is 1. The van der Waals surface area contributed by atoms with Crippen molar-refractivity contribution in [3.05, 3.63) is 29.8 Å². The second-order valence-corrected chi connectivity index (χ2v) is 10.5. The number of rotatable bonds is 5. The van der Waals surface area contributed by atoms with Crippen molar-refractivity contribution in [2.45, 2.75) is 43.9 Å². The molecule has 0 unspecified atom stereocenters. The Morgan fingerprint density at radius 3 is 2.00 bits per heavy atom. The van der Waals surface area contributed by atoms with Crippen molar-refractivity contribution in [2.24, 2.45) is 17.8 Å². The second-order valence-electron chi connectivity index (χ2n) is 8.59.